The fourth-order valence-corrected chi connectivity index (χ4v) is 3.35. The van der Waals surface area contributed by atoms with Gasteiger partial charge in [0.15, 0.2) is 0 Å². The monoisotopic (exact) mass is 454 g/mol. The second-order valence-corrected chi connectivity index (χ2v) is 8.05. The van der Waals surface area contributed by atoms with E-state index < -0.39 is 54.6 Å². The Bertz CT molecular complexity index is 742. The Kier molecular flexibility index (Phi) is 10.6. The van der Waals surface area contributed by atoms with Crippen LogP contribution in [0.4, 0.5) is 0 Å². The van der Waals surface area contributed by atoms with Gasteiger partial charge in [-0.2, -0.15) is 0 Å². The average Bonchev–Trinajstić information content (AvgIpc) is 3.23. The summed E-state index contributed by atoms with van der Waals surface area (Å²) in [6.07, 6.45) is 1.32. The van der Waals surface area contributed by atoms with Gasteiger partial charge in [0.1, 0.15) is 12.1 Å². The Hall–Kier alpha value is -3.18. The van der Waals surface area contributed by atoms with Crippen molar-refractivity contribution in [2.24, 2.45) is 23.3 Å². The minimum atomic E-state index is -1.28. The molecule has 0 spiro atoms. The fraction of sp³-hybridized carbons (Fsp3) is 0.700. The minimum absolute atomic E-state index is 0.160. The van der Waals surface area contributed by atoms with Crippen LogP contribution in [0.3, 0.4) is 0 Å². The van der Waals surface area contributed by atoms with Crippen LogP contribution in [0.1, 0.15) is 46.5 Å². The molecule has 1 aliphatic rings. The molecule has 6 amide bonds. The highest BCUT2D eigenvalue weighted by Crippen LogP contribution is 2.18. The molecule has 4 atom stereocenters. The maximum Gasteiger partial charge on any atom is 0.246 e. The van der Waals surface area contributed by atoms with Crippen molar-refractivity contribution in [2.75, 3.05) is 19.6 Å². The summed E-state index contributed by atoms with van der Waals surface area (Å²) in [7, 11) is 0. The molecule has 12 heteroatoms. The van der Waals surface area contributed by atoms with Gasteiger partial charge >= 0.3 is 0 Å². The molecule has 0 aromatic carbocycles. The van der Waals surface area contributed by atoms with Crippen LogP contribution < -0.4 is 27.4 Å². The van der Waals surface area contributed by atoms with Gasteiger partial charge < -0.3 is 32.3 Å². The summed E-state index contributed by atoms with van der Waals surface area (Å²) in [6, 6.07) is -2.09. The lowest BCUT2D eigenvalue weighted by Crippen LogP contribution is -2.55. The number of carbonyl (C=O) groups is 6. The topological polar surface area (TPSA) is 194 Å². The van der Waals surface area contributed by atoms with Crippen LogP contribution >= 0.6 is 0 Å². The molecule has 32 heavy (non-hydrogen) atoms. The minimum Gasteiger partial charge on any atom is -0.370 e. The molecule has 180 valence electrons. The summed E-state index contributed by atoms with van der Waals surface area (Å²) in [5.41, 5.74) is 10.5. The smallest absolute Gasteiger partial charge is 0.246 e. The molecule has 1 saturated heterocycles. The summed E-state index contributed by atoms with van der Waals surface area (Å²) in [4.78, 5) is 73.1. The molecule has 0 bridgehead atoms. The first-order valence-electron chi connectivity index (χ1n) is 10.7. The van der Waals surface area contributed by atoms with E-state index in [0.29, 0.717) is 12.8 Å². The van der Waals surface area contributed by atoms with Crippen LogP contribution in [0, 0.1) is 11.8 Å². The van der Waals surface area contributed by atoms with Gasteiger partial charge in [0, 0.05) is 12.5 Å². The third-order valence-corrected chi connectivity index (χ3v) is 5.68. The first kappa shape index (κ1) is 26.9. The normalized spacial score (nSPS) is 18.2. The summed E-state index contributed by atoms with van der Waals surface area (Å²) < 4.78 is 0. The molecular weight excluding hydrogens is 420 g/mol. The van der Waals surface area contributed by atoms with Crippen molar-refractivity contribution in [3.8, 4) is 0 Å². The molecule has 1 rings (SSSR count). The second kappa shape index (κ2) is 12.6. The SMILES string of the molecule is CC[C@H](C)[C@H](C)C(=O)NCC(=O)NCC(=O)N[C@@H](CC(N)=O)C(=O)N1CCC[C@H]1C(N)=O. The number of carbonyl (C=O) groups excluding carboxylic acids is 6. The number of nitrogens with one attached hydrogen (secondary N) is 3. The average molecular weight is 455 g/mol. The fourth-order valence-electron chi connectivity index (χ4n) is 3.35. The number of primary amides is 2. The Morgan fingerprint density at radius 2 is 1.62 bits per heavy atom. The molecule has 1 aliphatic heterocycles. The zero-order valence-electron chi connectivity index (χ0n) is 18.8. The van der Waals surface area contributed by atoms with Crippen LogP contribution in [-0.2, 0) is 28.8 Å². The Labute approximate surface area is 187 Å². The molecule has 0 aromatic rings. The van der Waals surface area contributed by atoms with Crippen molar-refractivity contribution < 1.29 is 28.8 Å². The van der Waals surface area contributed by atoms with E-state index >= 15 is 0 Å². The van der Waals surface area contributed by atoms with Crippen LogP contribution in [0.5, 0.6) is 0 Å². The van der Waals surface area contributed by atoms with Gasteiger partial charge in [-0.15, -0.1) is 0 Å². The number of amides is 6. The van der Waals surface area contributed by atoms with Gasteiger partial charge in [0.25, 0.3) is 0 Å². The van der Waals surface area contributed by atoms with E-state index in [9.17, 15) is 28.8 Å². The Balaban J connectivity index is 2.58. The van der Waals surface area contributed by atoms with E-state index in [2.05, 4.69) is 16.0 Å². The molecule has 0 saturated carbocycles. The van der Waals surface area contributed by atoms with Crippen molar-refractivity contribution >= 4 is 35.4 Å². The van der Waals surface area contributed by atoms with Crippen LogP contribution in [0.15, 0.2) is 0 Å². The third kappa shape index (κ3) is 8.16. The van der Waals surface area contributed by atoms with Crippen LogP contribution in [0.25, 0.3) is 0 Å². The molecule has 0 aliphatic carbocycles. The van der Waals surface area contributed by atoms with Gasteiger partial charge in [-0.3, -0.25) is 28.8 Å². The van der Waals surface area contributed by atoms with E-state index in [1.807, 2.05) is 13.8 Å². The van der Waals surface area contributed by atoms with Crippen molar-refractivity contribution in [1.82, 2.24) is 20.9 Å². The first-order chi connectivity index (χ1) is 15.0. The molecule has 1 heterocycles. The van der Waals surface area contributed by atoms with E-state index in [-0.39, 0.29) is 30.8 Å². The maximum absolute atomic E-state index is 12.8. The van der Waals surface area contributed by atoms with Gasteiger partial charge in [0.2, 0.25) is 35.4 Å². The van der Waals surface area contributed by atoms with Gasteiger partial charge in [-0.05, 0) is 18.8 Å². The highest BCUT2D eigenvalue weighted by molar-refractivity contribution is 5.95. The number of nitrogens with zero attached hydrogens (tertiary/aromatic N) is 1. The van der Waals surface area contributed by atoms with Gasteiger partial charge in [-0.25, -0.2) is 0 Å². The van der Waals surface area contributed by atoms with Crippen molar-refractivity contribution in [1.29, 1.82) is 0 Å². The summed E-state index contributed by atoms with van der Waals surface area (Å²) in [6.45, 7) is 5.17. The molecule has 7 N–H and O–H groups in total. The lowest BCUT2D eigenvalue weighted by atomic mass is 9.93. The highest BCUT2D eigenvalue weighted by atomic mass is 16.2. The number of nitrogens with two attached hydrogens (primary N) is 2. The number of hydrogen-bond donors (Lipinski definition) is 5. The van der Waals surface area contributed by atoms with Gasteiger partial charge in [0.05, 0.1) is 19.5 Å². The third-order valence-electron chi connectivity index (χ3n) is 5.68. The number of hydrogen-bond acceptors (Lipinski definition) is 6. The maximum atomic E-state index is 12.8. The lowest BCUT2D eigenvalue weighted by Gasteiger charge is -2.27. The van der Waals surface area contributed by atoms with Crippen molar-refractivity contribution in [3.05, 3.63) is 0 Å². The van der Waals surface area contributed by atoms with E-state index in [1.54, 1.807) is 6.92 Å². The zero-order valence-corrected chi connectivity index (χ0v) is 18.8. The molecule has 0 unspecified atom stereocenters. The van der Waals surface area contributed by atoms with Crippen molar-refractivity contribution in [3.63, 3.8) is 0 Å². The number of rotatable bonds is 12. The lowest BCUT2D eigenvalue weighted by molar-refractivity contribution is -0.141. The number of likely N-dealkylation sites (tertiary alicyclic amines) is 1. The van der Waals surface area contributed by atoms with Gasteiger partial charge in [-0.1, -0.05) is 27.2 Å². The molecule has 12 nitrogen and oxygen atoms in total. The quantitative estimate of drug-likeness (QED) is 0.221. The predicted octanol–water partition coefficient (Wildman–Crippen LogP) is -2.26. The standard InChI is InChI=1S/C20H34N6O6/c1-4-11(2)12(3)19(31)24-9-16(28)23-10-17(29)25-13(8-15(21)27)20(32)26-7-5-6-14(26)18(22)30/h11-14H,4-10H2,1-3H3,(H2,21,27)(H2,22,30)(H,23,28)(H,24,31)(H,25,29)/t11-,12-,13-,14-/m0/s1. The van der Waals surface area contributed by atoms with E-state index in [0.717, 1.165) is 6.42 Å². The van der Waals surface area contributed by atoms with E-state index in [1.165, 1.54) is 4.90 Å². The Morgan fingerprint density at radius 1 is 1.00 bits per heavy atom. The zero-order chi connectivity index (χ0) is 24.4. The Morgan fingerprint density at radius 3 is 2.19 bits per heavy atom. The summed E-state index contributed by atoms with van der Waals surface area (Å²) in [5, 5.41) is 7.20. The summed E-state index contributed by atoms with van der Waals surface area (Å²) in [5.74, 6) is -3.81. The predicted molar refractivity (Wildman–Crippen MR) is 114 cm³/mol. The molecular formula is C20H34N6O6. The highest BCUT2D eigenvalue weighted by Gasteiger charge is 2.37. The van der Waals surface area contributed by atoms with Crippen molar-refractivity contribution in [2.45, 2.75) is 58.5 Å². The largest absolute Gasteiger partial charge is 0.370 e. The molecule has 1 fully saturated rings. The molecule has 0 radical (unpaired) electrons. The molecule has 0 aromatic heterocycles. The summed E-state index contributed by atoms with van der Waals surface area (Å²) >= 11 is 0. The van der Waals surface area contributed by atoms with Crippen LogP contribution in [-0.4, -0.2) is 72.1 Å². The first-order valence-corrected chi connectivity index (χ1v) is 10.7. The second-order valence-electron chi connectivity index (χ2n) is 8.05. The van der Waals surface area contributed by atoms with E-state index in [4.69, 9.17) is 11.5 Å². The van der Waals surface area contributed by atoms with Crippen LogP contribution in [0.2, 0.25) is 0 Å².